The van der Waals surface area contributed by atoms with Crippen molar-refractivity contribution < 1.29 is 0 Å². The Morgan fingerprint density at radius 1 is 1.05 bits per heavy atom. The molecule has 0 aliphatic rings. The van der Waals surface area contributed by atoms with Crippen LogP contribution in [0.3, 0.4) is 0 Å². The Bertz CT molecular complexity index is 742. The van der Waals surface area contributed by atoms with Gasteiger partial charge in [0, 0.05) is 30.0 Å². The molecule has 3 rings (SSSR count). The average Bonchev–Trinajstić information content (AvgIpc) is 2.48. The zero-order valence-electron chi connectivity index (χ0n) is 11.9. The van der Waals surface area contributed by atoms with Crippen LogP contribution in [0.5, 0.6) is 0 Å². The van der Waals surface area contributed by atoms with Gasteiger partial charge in [-0.15, -0.1) is 0 Å². The minimum Gasteiger partial charge on any atom is -0.380 e. The first-order chi connectivity index (χ1) is 9.74. The fourth-order valence-electron chi connectivity index (χ4n) is 2.45. The molecule has 0 aliphatic carbocycles. The molecular weight excluding hydrogens is 244 g/mol. The number of hydrogen-bond donors (Lipinski definition) is 1. The summed E-state index contributed by atoms with van der Waals surface area (Å²) in [6.07, 6.45) is 3.75. The second kappa shape index (κ2) is 5.33. The number of nitrogens with one attached hydrogen (secondary N) is 1. The molecule has 2 aromatic carbocycles. The Balaban J connectivity index is 1.89. The molecule has 1 aromatic heterocycles. The normalized spacial score (nSPS) is 10.7. The molecule has 1 N–H and O–H groups in total. The van der Waals surface area contributed by atoms with Gasteiger partial charge in [0.25, 0.3) is 0 Å². The number of rotatable bonds is 3. The molecule has 20 heavy (non-hydrogen) atoms. The van der Waals surface area contributed by atoms with Crippen molar-refractivity contribution in [2.24, 2.45) is 0 Å². The third kappa shape index (κ3) is 2.50. The van der Waals surface area contributed by atoms with Crippen LogP contribution >= 0.6 is 0 Å². The summed E-state index contributed by atoms with van der Waals surface area (Å²) in [5.74, 6) is 0. The molecule has 0 amide bonds. The molecule has 3 aromatic rings. The lowest BCUT2D eigenvalue weighted by molar-refractivity contribution is 1.11. The lowest BCUT2D eigenvalue weighted by atomic mass is 10.1. The maximum absolute atomic E-state index is 4.22. The van der Waals surface area contributed by atoms with Crippen LogP contribution in [0.15, 0.2) is 54.9 Å². The first kappa shape index (κ1) is 12.7. The second-order valence-electron chi connectivity index (χ2n) is 5.19. The molecule has 0 fully saturated rings. The van der Waals surface area contributed by atoms with E-state index in [1.807, 2.05) is 18.5 Å². The van der Waals surface area contributed by atoms with Crippen molar-refractivity contribution >= 4 is 16.5 Å². The second-order valence-corrected chi connectivity index (χ2v) is 5.19. The predicted octanol–water partition coefficient (Wildman–Crippen LogP) is 4.46. The molecule has 100 valence electrons. The van der Waals surface area contributed by atoms with E-state index in [1.54, 1.807) is 0 Å². The zero-order chi connectivity index (χ0) is 13.9. The van der Waals surface area contributed by atoms with Crippen LogP contribution in [0.4, 0.5) is 5.69 Å². The van der Waals surface area contributed by atoms with Crippen LogP contribution in [0.1, 0.15) is 16.7 Å². The summed E-state index contributed by atoms with van der Waals surface area (Å²) in [4.78, 5) is 4.22. The van der Waals surface area contributed by atoms with Crippen molar-refractivity contribution in [2.75, 3.05) is 5.32 Å². The van der Waals surface area contributed by atoms with E-state index in [0.29, 0.717) is 0 Å². The van der Waals surface area contributed by atoms with Crippen LogP contribution in [-0.2, 0) is 6.54 Å². The van der Waals surface area contributed by atoms with E-state index in [2.05, 4.69) is 60.5 Å². The van der Waals surface area contributed by atoms with Crippen LogP contribution in [0, 0.1) is 13.8 Å². The molecule has 0 aliphatic heterocycles. The molecular formula is C18H18N2. The number of fused-ring (bicyclic) bond motifs is 1. The Hall–Kier alpha value is -2.35. The van der Waals surface area contributed by atoms with E-state index >= 15 is 0 Å². The molecule has 0 saturated heterocycles. The van der Waals surface area contributed by atoms with Crippen LogP contribution in [0.2, 0.25) is 0 Å². The van der Waals surface area contributed by atoms with Crippen LogP contribution in [-0.4, -0.2) is 4.98 Å². The van der Waals surface area contributed by atoms with Gasteiger partial charge in [-0.25, -0.2) is 0 Å². The maximum atomic E-state index is 4.22. The molecule has 2 nitrogen and oxygen atoms in total. The number of hydrogen-bond acceptors (Lipinski definition) is 2. The van der Waals surface area contributed by atoms with Crippen molar-refractivity contribution in [3.05, 3.63) is 71.5 Å². The van der Waals surface area contributed by atoms with Crippen molar-refractivity contribution in [1.29, 1.82) is 0 Å². The van der Waals surface area contributed by atoms with Gasteiger partial charge in [0.05, 0.1) is 0 Å². The minimum atomic E-state index is 0.835. The van der Waals surface area contributed by atoms with E-state index < -0.39 is 0 Å². The Labute approximate surface area is 119 Å². The van der Waals surface area contributed by atoms with Gasteiger partial charge in [-0.05, 0) is 42.5 Å². The standard InChI is InChI=1S/C18H18N2/c1-13-6-7-14(2)16(10-13)11-20-18-5-3-4-15-8-9-19-12-17(15)18/h3-10,12,20H,11H2,1-2H3. The lowest BCUT2D eigenvalue weighted by Crippen LogP contribution is -2.02. The fourth-order valence-corrected chi connectivity index (χ4v) is 2.45. The van der Waals surface area contributed by atoms with E-state index in [0.717, 1.165) is 12.2 Å². The predicted molar refractivity (Wildman–Crippen MR) is 85.0 cm³/mol. The molecule has 0 spiro atoms. The average molecular weight is 262 g/mol. The summed E-state index contributed by atoms with van der Waals surface area (Å²) in [6.45, 7) is 5.12. The number of nitrogens with zero attached hydrogens (tertiary/aromatic N) is 1. The molecule has 2 heteroatoms. The number of benzene rings is 2. The van der Waals surface area contributed by atoms with Crippen molar-refractivity contribution in [3.63, 3.8) is 0 Å². The van der Waals surface area contributed by atoms with Gasteiger partial charge in [0.15, 0.2) is 0 Å². The molecule has 0 bridgehead atoms. The summed E-state index contributed by atoms with van der Waals surface area (Å²) in [6, 6.07) is 14.9. The maximum Gasteiger partial charge on any atom is 0.0438 e. The van der Waals surface area contributed by atoms with Crippen molar-refractivity contribution in [2.45, 2.75) is 20.4 Å². The zero-order valence-corrected chi connectivity index (χ0v) is 11.9. The van der Waals surface area contributed by atoms with Gasteiger partial charge in [-0.1, -0.05) is 35.9 Å². The first-order valence-corrected chi connectivity index (χ1v) is 6.87. The third-order valence-electron chi connectivity index (χ3n) is 3.66. The van der Waals surface area contributed by atoms with Gasteiger partial charge in [-0.2, -0.15) is 0 Å². The Morgan fingerprint density at radius 2 is 1.95 bits per heavy atom. The van der Waals surface area contributed by atoms with E-state index in [-0.39, 0.29) is 0 Å². The third-order valence-corrected chi connectivity index (χ3v) is 3.66. The SMILES string of the molecule is Cc1ccc(C)c(CNc2cccc3ccncc23)c1. The van der Waals surface area contributed by atoms with Gasteiger partial charge in [-0.3, -0.25) is 4.98 Å². The number of aryl methyl sites for hydroxylation is 2. The fraction of sp³-hybridized carbons (Fsp3) is 0.167. The van der Waals surface area contributed by atoms with Crippen molar-refractivity contribution in [3.8, 4) is 0 Å². The summed E-state index contributed by atoms with van der Waals surface area (Å²) >= 11 is 0. The topological polar surface area (TPSA) is 24.9 Å². The monoisotopic (exact) mass is 262 g/mol. The molecule has 1 heterocycles. The summed E-state index contributed by atoms with van der Waals surface area (Å²) in [5, 5.41) is 5.91. The lowest BCUT2D eigenvalue weighted by Gasteiger charge is -2.12. The van der Waals surface area contributed by atoms with Gasteiger partial charge in [0.2, 0.25) is 0 Å². The van der Waals surface area contributed by atoms with E-state index in [9.17, 15) is 0 Å². The van der Waals surface area contributed by atoms with E-state index in [1.165, 1.54) is 27.5 Å². The number of aromatic nitrogens is 1. The van der Waals surface area contributed by atoms with E-state index in [4.69, 9.17) is 0 Å². The van der Waals surface area contributed by atoms with Crippen LogP contribution < -0.4 is 5.32 Å². The number of pyridine rings is 1. The molecule has 0 radical (unpaired) electrons. The highest BCUT2D eigenvalue weighted by molar-refractivity contribution is 5.93. The summed E-state index contributed by atoms with van der Waals surface area (Å²) < 4.78 is 0. The van der Waals surface area contributed by atoms with Crippen LogP contribution in [0.25, 0.3) is 10.8 Å². The summed E-state index contributed by atoms with van der Waals surface area (Å²) in [5.41, 5.74) is 5.09. The Morgan fingerprint density at radius 3 is 2.85 bits per heavy atom. The molecule has 0 atom stereocenters. The molecule has 0 saturated carbocycles. The van der Waals surface area contributed by atoms with Gasteiger partial charge >= 0.3 is 0 Å². The van der Waals surface area contributed by atoms with Crippen molar-refractivity contribution in [1.82, 2.24) is 4.98 Å². The highest BCUT2D eigenvalue weighted by Crippen LogP contribution is 2.23. The number of anilines is 1. The largest absolute Gasteiger partial charge is 0.380 e. The first-order valence-electron chi connectivity index (χ1n) is 6.87. The highest BCUT2D eigenvalue weighted by Gasteiger charge is 2.02. The van der Waals surface area contributed by atoms with Gasteiger partial charge < -0.3 is 5.32 Å². The Kier molecular flexibility index (Phi) is 3.38. The minimum absolute atomic E-state index is 0.835. The quantitative estimate of drug-likeness (QED) is 0.753. The smallest absolute Gasteiger partial charge is 0.0438 e. The molecule has 0 unspecified atom stereocenters. The van der Waals surface area contributed by atoms with Gasteiger partial charge in [0.1, 0.15) is 0 Å². The summed E-state index contributed by atoms with van der Waals surface area (Å²) in [7, 11) is 0. The highest BCUT2D eigenvalue weighted by atomic mass is 14.9.